The van der Waals surface area contributed by atoms with Crippen LogP contribution in [-0.4, -0.2) is 18.5 Å². The molecule has 0 aliphatic carbocycles. The van der Waals surface area contributed by atoms with Crippen LogP contribution in [0.25, 0.3) is 0 Å². The molecule has 0 saturated heterocycles. The van der Waals surface area contributed by atoms with Crippen molar-refractivity contribution in [1.82, 2.24) is 0 Å². The first-order chi connectivity index (χ1) is 8.88. The summed E-state index contributed by atoms with van der Waals surface area (Å²) in [5.74, 6) is -6.41. The predicted octanol–water partition coefficient (Wildman–Crippen LogP) is 4.58. The minimum Gasteiger partial charge on any atom is -0.446 e. The topological polar surface area (TPSA) is 9.23 Å². The Bertz CT molecular complexity index is 447. The zero-order valence-electron chi connectivity index (χ0n) is 9.20. The van der Waals surface area contributed by atoms with Gasteiger partial charge in [-0.25, -0.2) is 8.78 Å². The van der Waals surface area contributed by atoms with Crippen molar-refractivity contribution >= 4 is 0 Å². The Hall–Kier alpha value is -1.61. The number of halogens is 9. The Morgan fingerprint density at radius 1 is 0.800 bits per heavy atom. The summed E-state index contributed by atoms with van der Waals surface area (Å²) in [6, 6.07) is 1.17. The van der Waals surface area contributed by atoms with Gasteiger partial charge in [0.25, 0.3) is 0 Å². The van der Waals surface area contributed by atoms with Crippen LogP contribution in [0.1, 0.15) is 5.56 Å². The van der Waals surface area contributed by atoms with E-state index in [1.807, 2.05) is 0 Å². The van der Waals surface area contributed by atoms with Crippen LogP contribution >= 0.6 is 0 Å². The first kappa shape index (κ1) is 16.4. The molecule has 1 unspecified atom stereocenters. The quantitative estimate of drug-likeness (QED) is 0.743. The molecular weight excluding hydrogens is 307 g/mol. The van der Waals surface area contributed by atoms with Gasteiger partial charge >= 0.3 is 24.6 Å². The van der Waals surface area contributed by atoms with E-state index in [2.05, 4.69) is 4.74 Å². The van der Waals surface area contributed by atoms with Gasteiger partial charge in [-0.05, 0) is 24.3 Å². The molecule has 0 amide bonds. The van der Waals surface area contributed by atoms with Crippen molar-refractivity contribution in [2.75, 3.05) is 0 Å². The molecule has 0 saturated carbocycles. The lowest BCUT2D eigenvalue weighted by Gasteiger charge is -2.27. The Labute approximate surface area is 105 Å². The van der Waals surface area contributed by atoms with E-state index in [4.69, 9.17) is 0 Å². The van der Waals surface area contributed by atoms with Gasteiger partial charge in [0, 0.05) is 0 Å². The van der Waals surface area contributed by atoms with Crippen molar-refractivity contribution in [2.45, 2.75) is 24.6 Å². The molecule has 0 aromatic heterocycles. The number of alkyl halides is 9. The second kappa shape index (κ2) is 5.06. The Balaban J connectivity index is 3.03. The van der Waals surface area contributed by atoms with Crippen LogP contribution in [0.5, 0.6) is 5.75 Å². The molecule has 1 atom stereocenters. The van der Waals surface area contributed by atoms with Gasteiger partial charge in [0.05, 0.1) is 5.56 Å². The first-order valence-corrected chi connectivity index (χ1v) is 4.78. The summed E-state index contributed by atoms with van der Waals surface area (Å²) in [5, 5.41) is 0. The van der Waals surface area contributed by atoms with Crippen molar-refractivity contribution in [2.24, 2.45) is 0 Å². The molecular formula is C10H5F9O. The van der Waals surface area contributed by atoms with Crippen LogP contribution in [0.4, 0.5) is 39.5 Å². The third-order valence-corrected chi connectivity index (χ3v) is 2.12. The maximum absolute atomic E-state index is 13.1. The fourth-order valence-electron chi connectivity index (χ4n) is 1.11. The number of benzene rings is 1. The lowest BCUT2D eigenvalue weighted by Crippen LogP contribution is -2.52. The Morgan fingerprint density at radius 3 is 1.55 bits per heavy atom. The van der Waals surface area contributed by atoms with Crippen LogP contribution in [0.15, 0.2) is 24.3 Å². The van der Waals surface area contributed by atoms with Crippen LogP contribution < -0.4 is 4.74 Å². The maximum Gasteiger partial charge on any atom is 0.466 e. The lowest BCUT2D eigenvalue weighted by atomic mass is 10.2. The largest absolute Gasteiger partial charge is 0.466 e. The smallest absolute Gasteiger partial charge is 0.446 e. The summed E-state index contributed by atoms with van der Waals surface area (Å²) in [5.41, 5.74) is -1.25. The summed E-state index contributed by atoms with van der Waals surface area (Å²) >= 11 is 0. The Morgan fingerprint density at radius 2 is 1.25 bits per heavy atom. The molecule has 20 heavy (non-hydrogen) atoms. The number of rotatable bonds is 3. The van der Waals surface area contributed by atoms with Crippen molar-refractivity contribution < 1.29 is 44.3 Å². The normalized spacial score (nSPS) is 16.1. The van der Waals surface area contributed by atoms with Crippen LogP contribution in [0.2, 0.25) is 0 Å². The zero-order chi connectivity index (χ0) is 15.8. The van der Waals surface area contributed by atoms with Gasteiger partial charge in [-0.15, -0.1) is 0 Å². The van der Waals surface area contributed by atoms with Crippen LogP contribution in [0.3, 0.4) is 0 Å². The van der Waals surface area contributed by atoms with Crippen molar-refractivity contribution in [3.05, 3.63) is 29.8 Å². The molecule has 0 bridgehead atoms. The molecule has 0 heterocycles. The number of hydrogen-bond donors (Lipinski definition) is 0. The highest BCUT2D eigenvalue weighted by atomic mass is 19.4. The first-order valence-electron chi connectivity index (χ1n) is 4.78. The second-order valence-corrected chi connectivity index (χ2v) is 3.57. The fraction of sp³-hybridized carbons (Fsp3) is 0.400. The summed E-state index contributed by atoms with van der Waals surface area (Å²) < 4.78 is 114. The summed E-state index contributed by atoms with van der Waals surface area (Å²) in [6.07, 6.45) is -15.4. The van der Waals surface area contributed by atoms with E-state index in [1.54, 1.807) is 0 Å². The number of ether oxygens (including phenoxy) is 1. The van der Waals surface area contributed by atoms with Gasteiger partial charge in [-0.1, -0.05) is 0 Å². The Kier molecular flexibility index (Phi) is 4.16. The maximum atomic E-state index is 13.1. The summed E-state index contributed by atoms with van der Waals surface area (Å²) in [7, 11) is 0. The van der Waals surface area contributed by atoms with E-state index in [0.717, 1.165) is 0 Å². The highest BCUT2D eigenvalue weighted by Crippen LogP contribution is 2.41. The van der Waals surface area contributed by atoms with Gasteiger partial charge in [-0.3, -0.25) is 0 Å². The van der Waals surface area contributed by atoms with E-state index >= 15 is 0 Å². The highest BCUT2D eigenvalue weighted by molar-refractivity contribution is 5.29. The van der Waals surface area contributed by atoms with Gasteiger partial charge in [-0.2, -0.15) is 30.7 Å². The third kappa shape index (κ3) is 3.28. The minimum absolute atomic E-state index is 0.275. The molecule has 0 spiro atoms. The average molecular weight is 312 g/mol. The number of hydrogen-bond acceptors (Lipinski definition) is 1. The van der Waals surface area contributed by atoms with Crippen molar-refractivity contribution in [3.63, 3.8) is 0 Å². The molecule has 0 N–H and O–H groups in total. The predicted molar refractivity (Wildman–Crippen MR) is 48.0 cm³/mol. The van der Waals surface area contributed by atoms with Gasteiger partial charge in [0.1, 0.15) is 5.75 Å². The standard InChI is InChI=1S/C10H5F9O/c11-7(12)8(13,10(17,18)19)20-6-3-1-5(2-4-6)9(14,15)16/h1-4,7H. The van der Waals surface area contributed by atoms with Gasteiger partial charge in [0.15, 0.2) is 0 Å². The van der Waals surface area contributed by atoms with Gasteiger partial charge in [0.2, 0.25) is 0 Å². The second-order valence-electron chi connectivity index (χ2n) is 3.57. The highest BCUT2D eigenvalue weighted by Gasteiger charge is 2.66. The molecule has 10 heteroatoms. The van der Waals surface area contributed by atoms with E-state index < -0.39 is 35.9 Å². The summed E-state index contributed by atoms with van der Waals surface area (Å²) in [4.78, 5) is 0. The van der Waals surface area contributed by atoms with Crippen molar-refractivity contribution in [1.29, 1.82) is 0 Å². The van der Waals surface area contributed by atoms with E-state index in [0.29, 0.717) is 12.1 Å². The molecule has 0 radical (unpaired) electrons. The summed E-state index contributed by atoms with van der Waals surface area (Å²) in [6.45, 7) is 0. The molecule has 0 aliphatic heterocycles. The van der Waals surface area contributed by atoms with Crippen LogP contribution in [-0.2, 0) is 6.18 Å². The minimum atomic E-state index is -6.05. The molecule has 1 aromatic carbocycles. The molecule has 114 valence electrons. The average Bonchev–Trinajstić information content (AvgIpc) is 2.26. The molecule has 1 aromatic rings. The SMILES string of the molecule is FC(F)C(F)(Oc1ccc(C(F)(F)F)cc1)C(F)(F)F. The van der Waals surface area contributed by atoms with Crippen molar-refractivity contribution in [3.8, 4) is 5.75 Å². The van der Waals surface area contributed by atoms with E-state index in [9.17, 15) is 39.5 Å². The molecule has 0 aliphatic rings. The van der Waals surface area contributed by atoms with Crippen LogP contribution in [0, 0.1) is 0 Å². The zero-order valence-corrected chi connectivity index (χ0v) is 9.20. The molecule has 0 fully saturated rings. The molecule has 1 nitrogen and oxygen atoms in total. The van der Waals surface area contributed by atoms with E-state index in [1.165, 1.54) is 0 Å². The molecule has 1 rings (SSSR count). The van der Waals surface area contributed by atoms with E-state index in [-0.39, 0.29) is 12.1 Å². The monoisotopic (exact) mass is 312 g/mol. The van der Waals surface area contributed by atoms with Gasteiger partial charge < -0.3 is 4.74 Å². The third-order valence-electron chi connectivity index (χ3n) is 2.12. The lowest BCUT2D eigenvalue weighted by molar-refractivity contribution is -0.340. The fourth-order valence-corrected chi connectivity index (χ4v) is 1.11.